The molecule has 0 N–H and O–H groups in total. The highest BCUT2D eigenvalue weighted by molar-refractivity contribution is 5.41. The topological polar surface area (TPSA) is 12.5 Å². The molecule has 0 saturated heterocycles. The third kappa shape index (κ3) is 3.24. The molecule has 90 valence electrons. The first-order chi connectivity index (χ1) is 7.58. The predicted molar refractivity (Wildman–Crippen MR) is 69.3 cm³/mol. The largest absolute Gasteiger partial charge is 0.496 e. The number of methoxy groups -OCH3 is 1. The number of rotatable bonds is 5. The third-order valence-electron chi connectivity index (χ3n) is 3.16. The molecule has 1 aromatic carbocycles. The van der Waals surface area contributed by atoms with Crippen molar-refractivity contribution in [2.45, 2.75) is 27.2 Å². The van der Waals surface area contributed by atoms with E-state index in [-0.39, 0.29) is 0 Å². The Morgan fingerprint density at radius 1 is 1.19 bits per heavy atom. The molecular weight excluding hydrogens is 198 g/mol. The van der Waals surface area contributed by atoms with Crippen molar-refractivity contribution in [3.63, 3.8) is 0 Å². The van der Waals surface area contributed by atoms with Gasteiger partial charge in [-0.05, 0) is 56.6 Å². The standard InChI is InChI=1S/C14H23NO/c1-6-15(4)8-7-13-9-12(3)14(16-5)10-11(13)2/h9-10H,6-8H2,1-5H3. The molecule has 0 amide bonds. The van der Waals surface area contributed by atoms with E-state index < -0.39 is 0 Å². The molecule has 0 aliphatic heterocycles. The molecule has 0 fully saturated rings. The van der Waals surface area contributed by atoms with Gasteiger partial charge >= 0.3 is 0 Å². The van der Waals surface area contributed by atoms with Gasteiger partial charge in [0.2, 0.25) is 0 Å². The Kier molecular flexibility index (Phi) is 4.81. The van der Waals surface area contributed by atoms with Crippen LogP contribution in [0.15, 0.2) is 12.1 Å². The fraction of sp³-hybridized carbons (Fsp3) is 0.571. The summed E-state index contributed by atoms with van der Waals surface area (Å²) < 4.78 is 5.32. The molecule has 0 aliphatic carbocycles. The van der Waals surface area contributed by atoms with Crippen molar-refractivity contribution in [2.75, 3.05) is 27.2 Å². The minimum absolute atomic E-state index is 0.991. The first-order valence-corrected chi connectivity index (χ1v) is 5.91. The Morgan fingerprint density at radius 3 is 2.44 bits per heavy atom. The smallest absolute Gasteiger partial charge is 0.122 e. The van der Waals surface area contributed by atoms with Crippen LogP contribution in [0.2, 0.25) is 0 Å². The average molecular weight is 221 g/mol. The van der Waals surface area contributed by atoms with Crippen molar-refractivity contribution in [3.05, 3.63) is 28.8 Å². The Labute approximate surface area is 99.2 Å². The number of ether oxygens (including phenoxy) is 1. The maximum absolute atomic E-state index is 5.32. The van der Waals surface area contributed by atoms with Crippen LogP contribution in [0.1, 0.15) is 23.6 Å². The molecule has 1 rings (SSSR count). The number of aryl methyl sites for hydroxylation is 2. The number of likely N-dealkylation sites (N-methyl/N-ethyl adjacent to an activating group) is 1. The van der Waals surface area contributed by atoms with Gasteiger partial charge in [0.1, 0.15) is 5.75 Å². The first-order valence-electron chi connectivity index (χ1n) is 5.91. The van der Waals surface area contributed by atoms with Crippen LogP contribution in [-0.4, -0.2) is 32.1 Å². The maximum atomic E-state index is 5.32. The third-order valence-corrected chi connectivity index (χ3v) is 3.16. The van der Waals surface area contributed by atoms with Crippen LogP contribution in [0.4, 0.5) is 0 Å². The zero-order chi connectivity index (χ0) is 12.1. The normalized spacial score (nSPS) is 10.9. The molecule has 0 spiro atoms. The Bertz CT molecular complexity index is 347. The number of hydrogen-bond acceptors (Lipinski definition) is 2. The highest BCUT2D eigenvalue weighted by Gasteiger charge is 2.05. The SMILES string of the molecule is CCN(C)CCc1cc(C)c(OC)cc1C. The molecule has 2 heteroatoms. The summed E-state index contributed by atoms with van der Waals surface area (Å²) in [6, 6.07) is 4.38. The van der Waals surface area contributed by atoms with E-state index in [1.165, 1.54) is 16.7 Å². The van der Waals surface area contributed by atoms with Crippen LogP contribution in [-0.2, 0) is 6.42 Å². The lowest BCUT2D eigenvalue weighted by atomic mass is 10.0. The van der Waals surface area contributed by atoms with Crippen LogP contribution >= 0.6 is 0 Å². The molecule has 0 bridgehead atoms. The van der Waals surface area contributed by atoms with E-state index in [1.807, 2.05) is 0 Å². The van der Waals surface area contributed by atoms with Crippen LogP contribution < -0.4 is 4.74 Å². The van der Waals surface area contributed by atoms with Crippen molar-refractivity contribution in [3.8, 4) is 5.75 Å². The summed E-state index contributed by atoms with van der Waals surface area (Å²) in [5, 5.41) is 0. The number of hydrogen-bond donors (Lipinski definition) is 0. The van der Waals surface area contributed by atoms with Gasteiger partial charge < -0.3 is 9.64 Å². The lowest BCUT2D eigenvalue weighted by Crippen LogP contribution is -2.20. The first kappa shape index (κ1) is 13.0. The summed E-state index contributed by atoms with van der Waals surface area (Å²) >= 11 is 0. The van der Waals surface area contributed by atoms with Crippen LogP contribution in [0.25, 0.3) is 0 Å². The lowest BCUT2D eigenvalue weighted by molar-refractivity contribution is 0.357. The molecule has 1 aromatic rings. The van der Waals surface area contributed by atoms with E-state index in [0.29, 0.717) is 0 Å². The van der Waals surface area contributed by atoms with Gasteiger partial charge in [0.15, 0.2) is 0 Å². The van der Waals surface area contributed by atoms with E-state index in [2.05, 4.69) is 44.9 Å². The Morgan fingerprint density at radius 2 is 1.88 bits per heavy atom. The quantitative estimate of drug-likeness (QED) is 0.758. The summed E-state index contributed by atoms with van der Waals surface area (Å²) in [4.78, 5) is 2.33. The second-order valence-electron chi connectivity index (χ2n) is 4.39. The fourth-order valence-electron chi connectivity index (χ4n) is 1.81. The fourth-order valence-corrected chi connectivity index (χ4v) is 1.81. The lowest BCUT2D eigenvalue weighted by Gasteiger charge is -2.16. The summed E-state index contributed by atoms with van der Waals surface area (Å²) in [7, 11) is 3.89. The molecule has 2 nitrogen and oxygen atoms in total. The summed E-state index contributed by atoms with van der Waals surface area (Å²) in [5.74, 6) is 0.991. The number of benzene rings is 1. The number of nitrogens with zero attached hydrogens (tertiary/aromatic N) is 1. The maximum Gasteiger partial charge on any atom is 0.122 e. The molecule has 0 aromatic heterocycles. The van der Waals surface area contributed by atoms with E-state index >= 15 is 0 Å². The Hall–Kier alpha value is -1.02. The van der Waals surface area contributed by atoms with Gasteiger partial charge in [0.25, 0.3) is 0 Å². The molecule has 0 unspecified atom stereocenters. The van der Waals surface area contributed by atoms with Gasteiger partial charge in [0, 0.05) is 6.54 Å². The van der Waals surface area contributed by atoms with Gasteiger partial charge in [0.05, 0.1) is 7.11 Å². The summed E-state index contributed by atoms with van der Waals surface area (Å²) in [5.41, 5.74) is 3.98. The second kappa shape index (κ2) is 5.90. The van der Waals surface area contributed by atoms with Crippen molar-refractivity contribution in [1.29, 1.82) is 0 Å². The molecular formula is C14H23NO. The van der Waals surface area contributed by atoms with Crippen LogP contribution in [0.5, 0.6) is 5.75 Å². The van der Waals surface area contributed by atoms with E-state index in [1.54, 1.807) is 7.11 Å². The monoisotopic (exact) mass is 221 g/mol. The zero-order valence-corrected chi connectivity index (χ0v) is 11.1. The molecule has 0 saturated carbocycles. The van der Waals surface area contributed by atoms with Crippen LogP contribution in [0, 0.1) is 13.8 Å². The van der Waals surface area contributed by atoms with Crippen LogP contribution in [0.3, 0.4) is 0 Å². The second-order valence-corrected chi connectivity index (χ2v) is 4.39. The average Bonchev–Trinajstić information content (AvgIpc) is 2.29. The van der Waals surface area contributed by atoms with Crippen molar-refractivity contribution in [2.24, 2.45) is 0 Å². The van der Waals surface area contributed by atoms with Gasteiger partial charge in [-0.1, -0.05) is 13.0 Å². The molecule has 0 atom stereocenters. The molecule has 0 radical (unpaired) electrons. The van der Waals surface area contributed by atoms with E-state index in [0.717, 1.165) is 25.3 Å². The highest BCUT2D eigenvalue weighted by atomic mass is 16.5. The van der Waals surface area contributed by atoms with Gasteiger partial charge in [-0.3, -0.25) is 0 Å². The van der Waals surface area contributed by atoms with Gasteiger partial charge in [-0.2, -0.15) is 0 Å². The van der Waals surface area contributed by atoms with Gasteiger partial charge in [-0.15, -0.1) is 0 Å². The van der Waals surface area contributed by atoms with E-state index in [9.17, 15) is 0 Å². The minimum atomic E-state index is 0.991. The molecule has 0 aliphatic rings. The van der Waals surface area contributed by atoms with Gasteiger partial charge in [-0.25, -0.2) is 0 Å². The molecule has 16 heavy (non-hydrogen) atoms. The van der Waals surface area contributed by atoms with Crippen molar-refractivity contribution >= 4 is 0 Å². The predicted octanol–water partition coefficient (Wildman–Crippen LogP) is 2.81. The summed E-state index contributed by atoms with van der Waals surface area (Å²) in [6.07, 6.45) is 1.11. The Balaban J connectivity index is 2.77. The highest BCUT2D eigenvalue weighted by Crippen LogP contribution is 2.22. The van der Waals surface area contributed by atoms with Crippen molar-refractivity contribution < 1.29 is 4.74 Å². The summed E-state index contributed by atoms with van der Waals surface area (Å²) in [6.45, 7) is 8.66. The minimum Gasteiger partial charge on any atom is -0.496 e. The van der Waals surface area contributed by atoms with Crippen molar-refractivity contribution in [1.82, 2.24) is 4.90 Å². The molecule has 0 heterocycles. The zero-order valence-electron chi connectivity index (χ0n) is 11.1. The van der Waals surface area contributed by atoms with E-state index in [4.69, 9.17) is 4.74 Å².